The zero-order chi connectivity index (χ0) is 14.2. The Morgan fingerprint density at radius 2 is 2.11 bits per heavy atom. The summed E-state index contributed by atoms with van der Waals surface area (Å²) in [5.74, 6) is -0.532. The van der Waals surface area contributed by atoms with Crippen molar-refractivity contribution in [3.05, 3.63) is 41.7 Å². The molecule has 1 aromatic rings. The van der Waals surface area contributed by atoms with Crippen molar-refractivity contribution in [2.75, 3.05) is 6.26 Å². The summed E-state index contributed by atoms with van der Waals surface area (Å²) in [5.41, 5.74) is 0.505. The van der Waals surface area contributed by atoms with E-state index in [0.717, 1.165) is 4.90 Å². The molecule has 2 rings (SSSR count). The molecule has 1 heterocycles. The summed E-state index contributed by atoms with van der Waals surface area (Å²) in [6.45, 7) is 3.23. The van der Waals surface area contributed by atoms with E-state index in [1.807, 2.05) is 12.3 Å². The Kier molecular flexibility index (Phi) is 3.92. The lowest BCUT2D eigenvalue weighted by Crippen LogP contribution is -2.29. The van der Waals surface area contributed by atoms with Crippen LogP contribution in [0.4, 0.5) is 13.2 Å². The van der Waals surface area contributed by atoms with E-state index in [1.165, 1.54) is 17.8 Å². The molecule has 1 nitrogen and oxygen atoms in total. The number of hydrogen-bond donors (Lipinski definition) is 1. The zero-order valence-corrected chi connectivity index (χ0v) is 11.6. The summed E-state index contributed by atoms with van der Waals surface area (Å²) in [4.78, 5) is 1.52. The maximum atomic E-state index is 13.0. The van der Waals surface area contributed by atoms with Crippen molar-refractivity contribution in [3.8, 4) is 0 Å². The third kappa shape index (κ3) is 2.95. The molecule has 0 aliphatic carbocycles. The second-order valence-corrected chi connectivity index (χ2v) is 6.02. The normalized spacial score (nSPS) is 18.7. The molecular weight excluding hydrogens is 293 g/mol. The number of aliphatic hydroxyl groups is 1. The van der Waals surface area contributed by atoms with E-state index < -0.39 is 17.2 Å². The van der Waals surface area contributed by atoms with Crippen LogP contribution in [0.2, 0.25) is 0 Å². The van der Waals surface area contributed by atoms with E-state index in [9.17, 15) is 18.3 Å². The van der Waals surface area contributed by atoms with Crippen LogP contribution < -0.4 is 0 Å². The number of rotatable bonds is 2. The molecule has 0 bridgehead atoms. The molecule has 1 aliphatic rings. The number of benzene rings is 1. The van der Waals surface area contributed by atoms with Gasteiger partial charge in [0.05, 0.1) is 0 Å². The van der Waals surface area contributed by atoms with Crippen molar-refractivity contribution >= 4 is 29.6 Å². The van der Waals surface area contributed by atoms with Gasteiger partial charge in [-0.2, -0.15) is 13.2 Å². The lowest BCUT2D eigenvalue weighted by Gasteiger charge is -2.27. The van der Waals surface area contributed by atoms with Gasteiger partial charge in [-0.3, -0.25) is 0 Å². The SMILES string of the molecule is C=C(O)C1=Cc2cc(SC)ccc2SC1C(F)(F)F. The first-order valence-electron chi connectivity index (χ1n) is 5.34. The predicted octanol–water partition coefficient (Wildman–Crippen LogP) is 4.90. The quantitative estimate of drug-likeness (QED) is 0.620. The van der Waals surface area contributed by atoms with Gasteiger partial charge >= 0.3 is 6.18 Å². The highest BCUT2D eigenvalue weighted by atomic mass is 32.2. The smallest absolute Gasteiger partial charge is 0.405 e. The van der Waals surface area contributed by atoms with Gasteiger partial charge in [0.1, 0.15) is 11.0 Å². The minimum absolute atomic E-state index is 0.178. The lowest BCUT2D eigenvalue weighted by molar-refractivity contribution is -0.122. The molecular formula is C13H11F3OS2. The van der Waals surface area contributed by atoms with Crippen LogP contribution >= 0.6 is 23.5 Å². The molecule has 1 aromatic carbocycles. The second kappa shape index (κ2) is 5.17. The van der Waals surface area contributed by atoms with Crippen LogP contribution in [0, 0.1) is 0 Å². The summed E-state index contributed by atoms with van der Waals surface area (Å²) in [7, 11) is 0. The maximum absolute atomic E-state index is 13.0. The summed E-state index contributed by atoms with van der Waals surface area (Å²) >= 11 is 2.21. The molecule has 1 aliphatic heterocycles. The molecule has 1 atom stereocenters. The zero-order valence-electron chi connectivity index (χ0n) is 9.99. The Balaban J connectivity index is 2.51. The van der Waals surface area contributed by atoms with Crippen LogP contribution in [0.5, 0.6) is 0 Å². The van der Waals surface area contributed by atoms with Crippen LogP contribution in [0.1, 0.15) is 5.56 Å². The Hall–Kier alpha value is -1.01. The fraction of sp³-hybridized carbons (Fsp3) is 0.231. The first-order valence-corrected chi connectivity index (χ1v) is 7.44. The van der Waals surface area contributed by atoms with E-state index in [1.54, 1.807) is 12.1 Å². The largest absolute Gasteiger partial charge is 0.508 e. The molecule has 0 saturated heterocycles. The Bertz CT molecular complexity index is 549. The van der Waals surface area contributed by atoms with Gasteiger partial charge in [0.25, 0.3) is 0 Å². The monoisotopic (exact) mass is 304 g/mol. The van der Waals surface area contributed by atoms with Gasteiger partial charge in [0, 0.05) is 15.4 Å². The Morgan fingerprint density at radius 1 is 1.42 bits per heavy atom. The summed E-state index contributed by atoms with van der Waals surface area (Å²) in [6, 6.07) is 5.27. The van der Waals surface area contributed by atoms with E-state index in [2.05, 4.69) is 6.58 Å². The number of hydrogen-bond acceptors (Lipinski definition) is 3. The van der Waals surface area contributed by atoms with Crippen molar-refractivity contribution in [1.29, 1.82) is 0 Å². The third-order valence-electron chi connectivity index (χ3n) is 2.69. The summed E-state index contributed by atoms with van der Waals surface area (Å²) in [6.07, 6.45) is -1.16. The van der Waals surface area contributed by atoms with Crippen LogP contribution in [0.3, 0.4) is 0 Å². The molecule has 102 valence electrons. The number of thioether (sulfide) groups is 2. The van der Waals surface area contributed by atoms with Gasteiger partial charge in [-0.1, -0.05) is 6.58 Å². The summed E-state index contributed by atoms with van der Waals surface area (Å²) in [5, 5.41) is 7.62. The average molecular weight is 304 g/mol. The highest BCUT2D eigenvalue weighted by Crippen LogP contribution is 2.46. The van der Waals surface area contributed by atoms with Gasteiger partial charge in [0.2, 0.25) is 0 Å². The molecule has 0 radical (unpaired) electrons. The second-order valence-electron chi connectivity index (χ2n) is 3.99. The maximum Gasteiger partial charge on any atom is 0.405 e. The van der Waals surface area contributed by atoms with E-state index in [4.69, 9.17) is 0 Å². The molecule has 0 fully saturated rings. The highest BCUT2D eigenvalue weighted by molar-refractivity contribution is 8.00. The van der Waals surface area contributed by atoms with Crippen molar-refractivity contribution in [2.24, 2.45) is 0 Å². The summed E-state index contributed by atoms with van der Waals surface area (Å²) < 4.78 is 38.9. The number of alkyl halides is 3. The van der Waals surface area contributed by atoms with Crippen molar-refractivity contribution < 1.29 is 18.3 Å². The van der Waals surface area contributed by atoms with Gasteiger partial charge in [-0.15, -0.1) is 23.5 Å². The number of fused-ring (bicyclic) bond motifs is 1. The Labute approximate surface area is 117 Å². The molecule has 19 heavy (non-hydrogen) atoms. The fourth-order valence-corrected chi connectivity index (χ4v) is 3.35. The molecule has 6 heteroatoms. The van der Waals surface area contributed by atoms with Crippen molar-refractivity contribution in [2.45, 2.75) is 21.2 Å². The molecule has 0 spiro atoms. The minimum atomic E-state index is -4.42. The van der Waals surface area contributed by atoms with Crippen LogP contribution in [0.25, 0.3) is 6.08 Å². The topological polar surface area (TPSA) is 20.2 Å². The minimum Gasteiger partial charge on any atom is -0.508 e. The van der Waals surface area contributed by atoms with Gasteiger partial charge in [0.15, 0.2) is 0 Å². The predicted molar refractivity (Wildman–Crippen MR) is 73.7 cm³/mol. The van der Waals surface area contributed by atoms with Gasteiger partial charge < -0.3 is 5.11 Å². The first kappa shape index (κ1) is 14.4. The number of halogens is 3. The van der Waals surface area contributed by atoms with Crippen molar-refractivity contribution in [1.82, 2.24) is 0 Å². The third-order valence-corrected chi connectivity index (χ3v) is 4.79. The van der Waals surface area contributed by atoms with E-state index >= 15 is 0 Å². The molecule has 1 N–H and O–H groups in total. The molecule has 0 amide bonds. The van der Waals surface area contributed by atoms with Crippen LogP contribution in [0.15, 0.2) is 45.9 Å². The fourth-order valence-electron chi connectivity index (χ4n) is 1.79. The molecule has 0 saturated carbocycles. The molecule has 1 unspecified atom stereocenters. The van der Waals surface area contributed by atoms with Crippen LogP contribution in [-0.2, 0) is 0 Å². The molecule has 0 aromatic heterocycles. The average Bonchev–Trinajstić information content (AvgIpc) is 2.35. The van der Waals surface area contributed by atoms with Crippen LogP contribution in [-0.4, -0.2) is 22.8 Å². The van der Waals surface area contributed by atoms with E-state index in [0.29, 0.717) is 22.2 Å². The van der Waals surface area contributed by atoms with Gasteiger partial charge in [-0.25, -0.2) is 0 Å². The van der Waals surface area contributed by atoms with Gasteiger partial charge in [-0.05, 0) is 36.1 Å². The Morgan fingerprint density at radius 3 is 2.63 bits per heavy atom. The number of allylic oxidation sites excluding steroid dienone is 1. The van der Waals surface area contributed by atoms with E-state index in [-0.39, 0.29) is 5.57 Å². The number of aliphatic hydroxyl groups excluding tert-OH is 1. The first-order chi connectivity index (χ1) is 8.82. The van der Waals surface area contributed by atoms with Crippen molar-refractivity contribution in [3.63, 3.8) is 0 Å². The highest BCUT2D eigenvalue weighted by Gasteiger charge is 2.45. The standard InChI is InChI=1S/C13H11F3OS2/c1-7(17)10-6-8-5-9(18-2)3-4-11(8)19-12(10)13(14,15)16/h3-6,12,17H,1H2,2H3. The lowest BCUT2D eigenvalue weighted by atomic mass is 10.1.